The molecule has 1 aliphatic rings. The number of nitriles is 1. The van der Waals surface area contributed by atoms with Crippen molar-refractivity contribution in [3.63, 3.8) is 0 Å². The number of benzene rings is 1. The van der Waals surface area contributed by atoms with Crippen LogP contribution >= 0.6 is 0 Å². The smallest absolute Gasteiger partial charge is 0.310 e. The van der Waals surface area contributed by atoms with Crippen molar-refractivity contribution in [2.24, 2.45) is 5.92 Å². The number of anilines is 1. The highest BCUT2D eigenvalue weighted by atomic mass is 16.5. The minimum absolute atomic E-state index is 0.179. The molecule has 6 nitrogen and oxygen atoms in total. The number of carbonyl (C=O) groups excluding carboxylic acids is 2. The van der Waals surface area contributed by atoms with Crippen molar-refractivity contribution in [1.82, 2.24) is 4.90 Å². The lowest BCUT2D eigenvalue weighted by Gasteiger charge is -2.35. The Labute approximate surface area is 142 Å². The molecule has 2 rings (SSSR count). The third-order valence-corrected chi connectivity index (χ3v) is 4.31. The molecule has 0 aliphatic carbocycles. The van der Waals surface area contributed by atoms with E-state index < -0.39 is 0 Å². The Morgan fingerprint density at radius 1 is 1.46 bits per heavy atom. The van der Waals surface area contributed by atoms with Crippen molar-refractivity contribution in [3.8, 4) is 6.07 Å². The van der Waals surface area contributed by atoms with Gasteiger partial charge in [0.05, 0.1) is 29.8 Å². The van der Waals surface area contributed by atoms with E-state index in [-0.39, 0.29) is 23.8 Å². The fourth-order valence-electron chi connectivity index (χ4n) is 2.90. The minimum atomic E-state index is -0.381. The molecular formula is C18H23N3O3. The van der Waals surface area contributed by atoms with E-state index in [1.807, 2.05) is 11.8 Å². The molecule has 0 unspecified atom stereocenters. The van der Waals surface area contributed by atoms with Crippen molar-refractivity contribution in [3.05, 3.63) is 29.8 Å². The van der Waals surface area contributed by atoms with Crippen LogP contribution in [0.25, 0.3) is 0 Å². The van der Waals surface area contributed by atoms with Gasteiger partial charge in [0.1, 0.15) is 6.07 Å². The van der Waals surface area contributed by atoms with Gasteiger partial charge in [-0.05, 0) is 45.4 Å². The topological polar surface area (TPSA) is 82.4 Å². The molecule has 6 heteroatoms. The second kappa shape index (κ2) is 8.46. The fourth-order valence-corrected chi connectivity index (χ4v) is 2.90. The van der Waals surface area contributed by atoms with E-state index in [2.05, 4.69) is 11.4 Å². The molecule has 2 atom stereocenters. The lowest BCUT2D eigenvalue weighted by molar-refractivity contribution is -0.150. The van der Waals surface area contributed by atoms with Gasteiger partial charge in [-0.3, -0.25) is 14.5 Å². The summed E-state index contributed by atoms with van der Waals surface area (Å²) in [5, 5.41) is 11.9. The first-order chi connectivity index (χ1) is 11.6. The number of para-hydroxylation sites is 1. The number of hydrogen-bond donors (Lipinski definition) is 1. The van der Waals surface area contributed by atoms with Gasteiger partial charge in [0, 0.05) is 6.54 Å². The molecule has 1 N–H and O–H groups in total. The van der Waals surface area contributed by atoms with Crippen LogP contribution in [0.5, 0.6) is 0 Å². The second-order valence-electron chi connectivity index (χ2n) is 5.91. The Bertz CT molecular complexity index is 639. The number of carbonyl (C=O) groups is 2. The number of piperidine rings is 1. The van der Waals surface area contributed by atoms with Gasteiger partial charge in [0.2, 0.25) is 5.91 Å². The molecule has 1 aliphatic heterocycles. The number of amides is 1. The molecule has 1 heterocycles. The Morgan fingerprint density at radius 3 is 2.92 bits per heavy atom. The van der Waals surface area contributed by atoms with Crippen LogP contribution in [-0.4, -0.2) is 42.5 Å². The van der Waals surface area contributed by atoms with Gasteiger partial charge in [-0.1, -0.05) is 12.1 Å². The highest BCUT2D eigenvalue weighted by Gasteiger charge is 2.31. The summed E-state index contributed by atoms with van der Waals surface area (Å²) >= 11 is 0. The van der Waals surface area contributed by atoms with E-state index in [9.17, 15) is 9.59 Å². The molecule has 1 aromatic rings. The summed E-state index contributed by atoms with van der Waals surface area (Å²) in [6.45, 7) is 5.27. The Kier molecular flexibility index (Phi) is 6.33. The molecular weight excluding hydrogens is 306 g/mol. The van der Waals surface area contributed by atoms with Gasteiger partial charge < -0.3 is 10.1 Å². The molecule has 24 heavy (non-hydrogen) atoms. The van der Waals surface area contributed by atoms with Crippen LogP contribution in [0.2, 0.25) is 0 Å². The van der Waals surface area contributed by atoms with Gasteiger partial charge in [-0.25, -0.2) is 0 Å². The maximum Gasteiger partial charge on any atom is 0.310 e. The first-order valence-corrected chi connectivity index (χ1v) is 8.27. The molecule has 0 aromatic heterocycles. The van der Waals surface area contributed by atoms with Crippen LogP contribution in [-0.2, 0) is 14.3 Å². The standard InChI is InChI=1S/C18H23N3O3/c1-3-24-18(23)15-8-6-10-21(12-15)13(2)17(22)20-16-9-5-4-7-14(16)11-19/h4-5,7,9,13,15H,3,6,8,10,12H2,1-2H3,(H,20,22)/t13-,15-/m0/s1. The largest absolute Gasteiger partial charge is 0.466 e. The molecule has 0 saturated carbocycles. The molecule has 0 spiro atoms. The van der Waals surface area contributed by atoms with Crippen LogP contribution in [0.4, 0.5) is 5.69 Å². The lowest BCUT2D eigenvalue weighted by Crippen LogP contribution is -2.48. The third kappa shape index (κ3) is 4.33. The van der Waals surface area contributed by atoms with Crippen LogP contribution in [0, 0.1) is 17.2 Å². The number of rotatable bonds is 5. The summed E-state index contributed by atoms with van der Waals surface area (Å²) < 4.78 is 5.09. The summed E-state index contributed by atoms with van der Waals surface area (Å²) in [5.74, 6) is -0.549. The van der Waals surface area contributed by atoms with Crippen LogP contribution in [0.15, 0.2) is 24.3 Å². The number of ether oxygens (including phenoxy) is 1. The summed E-state index contributed by atoms with van der Waals surface area (Å²) in [7, 11) is 0. The zero-order valence-corrected chi connectivity index (χ0v) is 14.1. The quantitative estimate of drug-likeness (QED) is 0.837. The van der Waals surface area contributed by atoms with E-state index in [1.165, 1.54) is 0 Å². The number of esters is 1. The van der Waals surface area contributed by atoms with Crippen LogP contribution < -0.4 is 5.32 Å². The van der Waals surface area contributed by atoms with E-state index in [1.54, 1.807) is 31.2 Å². The maximum atomic E-state index is 12.5. The van der Waals surface area contributed by atoms with Crippen molar-refractivity contribution in [2.45, 2.75) is 32.7 Å². The minimum Gasteiger partial charge on any atom is -0.466 e. The molecule has 0 radical (unpaired) electrons. The average molecular weight is 329 g/mol. The van der Waals surface area contributed by atoms with Gasteiger partial charge in [-0.2, -0.15) is 5.26 Å². The SMILES string of the molecule is CCOC(=O)[C@H]1CCCN([C@@H](C)C(=O)Nc2ccccc2C#N)C1. The number of likely N-dealkylation sites (tertiary alicyclic amines) is 1. The summed E-state index contributed by atoms with van der Waals surface area (Å²) in [4.78, 5) is 26.4. The Hall–Kier alpha value is -2.39. The summed E-state index contributed by atoms with van der Waals surface area (Å²) in [5.41, 5.74) is 0.942. The van der Waals surface area contributed by atoms with Crippen molar-refractivity contribution in [2.75, 3.05) is 25.0 Å². The van der Waals surface area contributed by atoms with Gasteiger partial charge in [-0.15, -0.1) is 0 Å². The van der Waals surface area contributed by atoms with Crippen molar-refractivity contribution < 1.29 is 14.3 Å². The molecule has 128 valence electrons. The van der Waals surface area contributed by atoms with E-state index in [4.69, 9.17) is 10.00 Å². The van der Waals surface area contributed by atoms with Gasteiger partial charge >= 0.3 is 5.97 Å². The average Bonchev–Trinajstić information content (AvgIpc) is 2.61. The lowest BCUT2D eigenvalue weighted by atomic mass is 9.97. The molecule has 1 saturated heterocycles. The van der Waals surface area contributed by atoms with Crippen molar-refractivity contribution >= 4 is 17.6 Å². The Morgan fingerprint density at radius 2 is 2.21 bits per heavy atom. The molecule has 1 aromatic carbocycles. The maximum absolute atomic E-state index is 12.5. The third-order valence-electron chi connectivity index (χ3n) is 4.31. The first kappa shape index (κ1) is 18.0. The van der Waals surface area contributed by atoms with Gasteiger partial charge in [0.25, 0.3) is 0 Å². The van der Waals surface area contributed by atoms with Crippen molar-refractivity contribution in [1.29, 1.82) is 5.26 Å². The molecule has 1 fully saturated rings. The van der Waals surface area contributed by atoms with Crippen LogP contribution in [0.3, 0.4) is 0 Å². The predicted octanol–water partition coefficient (Wildman–Crippen LogP) is 2.16. The summed E-state index contributed by atoms with van der Waals surface area (Å²) in [6, 6.07) is 8.59. The monoisotopic (exact) mass is 329 g/mol. The summed E-state index contributed by atoms with van der Waals surface area (Å²) in [6.07, 6.45) is 1.65. The first-order valence-electron chi connectivity index (χ1n) is 8.27. The normalized spacial score (nSPS) is 19.1. The van der Waals surface area contributed by atoms with Gasteiger partial charge in [0.15, 0.2) is 0 Å². The fraction of sp³-hybridized carbons (Fsp3) is 0.500. The molecule has 0 bridgehead atoms. The van der Waals surface area contributed by atoms with E-state index >= 15 is 0 Å². The van der Waals surface area contributed by atoms with E-state index in [0.717, 1.165) is 19.4 Å². The number of nitrogens with one attached hydrogen (secondary N) is 1. The number of hydrogen-bond acceptors (Lipinski definition) is 5. The second-order valence-corrected chi connectivity index (χ2v) is 5.91. The predicted molar refractivity (Wildman–Crippen MR) is 90.2 cm³/mol. The van der Waals surface area contributed by atoms with Crippen LogP contribution in [0.1, 0.15) is 32.3 Å². The zero-order chi connectivity index (χ0) is 17.5. The highest BCUT2D eigenvalue weighted by molar-refractivity contribution is 5.95. The zero-order valence-electron chi connectivity index (χ0n) is 14.1. The highest BCUT2D eigenvalue weighted by Crippen LogP contribution is 2.21. The number of nitrogens with zero attached hydrogens (tertiary/aromatic N) is 2. The molecule has 1 amide bonds. The van der Waals surface area contributed by atoms with E-state index in [0.29, 0.717) is 24.4 Å². The Balaban J connectivity index is 2.00.